The van der Waals surface area contributed by atoms with Gasteiger partial charge in [0.05, 0.1) is 5.69 Å². The molecule has 1 amide bonds. The molecular weight excluding hydrogens is 338 g/mol. The predicted octanol–water partition coefficient (Wildman–Crippen LogP) is 2.82. The largest absolute Gasteiger partial charge is 0.352 e. The first-order valence-corrected chi connectivity index (χ1v) is 9.44. The molecule has 0 radical (unpaired) electrons. The summed E-state index contributed by atoms with van der Waals surface area (Å²) < 4.78 is 1.74. The SMILES string of the molecule is Cc1nc(CCNC(=O)c2cccc(-n3cccn3)c2)nc2c1CCCC2. The number of nitrogens with one attached hydrogen (secondary N) is 1. The zero-order valence-electron chi connectivity index (χ0n) is 15.5. The van der Waals surface area contributed by atoms with E-state index in [1.54, 1.807) is 10.9 Å². The monoisotopic (exact) mass is 361 g/mol. The quantitative estimate of drug-likeness (QED) is 0.758. The average molecular weight is 361 g/mol. The maximum Gasteiger partial charge on any atom is 0.251 e. The summed E-state index contributed by atoms with van der Waals surface area (Å²) in [7, 11) is 0. The molecule has 1 aliphatic carbocycles. The van der Waals surface area contributed by atoms with Gasteiger partial charge in [-0.2, -0.15) is 5.10 Å². The van der Waals surface area contributed by atoms with Gasteiger partial charge in [0.1, 0.15) is 5.82 Å². The number of amides is 1. The molecule has 138 valence electrons. The first-order chi connectivity index (χ1) is 13.2. The molecule has 0 saturated carbocycles. The molecule has 0 bridgehead atoms. The van der Waals surface area contributed by atoms with Gasteiger partial charge >= 0.3 is 0 Å². The minimum atomic E-state index is -0.0984. The number of carbonyl (C=O) groups is 1. The Kier molecular flexibility index (Phi) is 4.96. The number of aromatic nitrogens is 4. The van der Waals surface area contributed by atoms with Crippen LogP contribution in [0.25, 0.3) is 5.69 Å². The van der Waals surface area contributed by atoms with E-state index in [0.717, 1.165) is 30.0 Å². The molecule has 0 unspecified atom stereocenters. The molecule has 1 N–H and O–H groups in total. The molecular formula is C21H23N5O. The van der Waals surface area contributed by atoms with E-state index in [-0.39, 0.29) is 5.91 Å². The third kappa shape index (κ3) is 3.89. The van der Waals surface area contributed by atoms with E-state index in [1.165, 1.54) is 24.1 Å². The molecule has 2 heterocycles. The van der Waals surface area contributed by atoms with Crippen molar-refractivity contribution in [1.29, 1.82) is 0 Å². The fraction of sp³-hybridized carbons (Fsp3) is 0.333. The highest BCUT2D eigenvalue weighted by atomic mass is 16.1. The van der Waals surface area contributed by atoms with Gasteiger partial charge in [0.2, 0.25) is 0 Å². The lowest BCUT2D eigenvalue weighted by Gasteiger charge is -2.17. The van der Waals surface area contributed by atoms with Gasteiger partial charge in [-0.25, -0.2) is 14.6 Å². The number of hydrogen-bond acceptors (Lipinski definition) is 4. The minimum absolute atomic E-state index is 0.0984. The molecule has 6 heteroatoms. The Bertz CT molecular complexity index is 949. The molecule has 6 nitrogen and oxygen atoms in total. The molecule has 2 aromatic heterocycles. The van der Waals surface area contributed by atoms with Crippen molar-refractivity contribution >= 4 is 5.91 Å². The number of carbonyl (C=O) groups excluding carboxylic acids is 1. The zero-order chi connectivity index (χ0) is 18.6. The van der Waals surface area contributed by atoms with Gasteiger partial charge < -0.3 is 5.32 Å². The first-order valence-electron chi connectivity index (χ1n) is 9.44. The summed E-state index contributed by atoms with van der Waals surface area (Å²) in [5, 5.41) is 7.17. The van der Waals surface area contributed by atoms with Gasteiger partial charge in [-0.3, -0.25) is 4.79 Å². The highest BCUT2D eigenvalue weighted by Gasteiger charge is 2.15. The molecule has 0 saturated heterocycles. The molecule has 27 heavy (non-hydrogen) atoms. The Balaban J connectivity index is 1.39. The molecule has 0 atom stereocenters. The lowest BCUT2D eigenvalue weighted by molar-refractivity contribution is 0.0954. The topological polar surface area (TPSA) is 72.7 Å². The van der Waals surface area contributed by atoms with E-state index in [2.05, 4.69) is 22.3 Å². The van der Waals surface area contributed by atoms with E-state index in [9.17, 15) is 4.79 Å². The van der Waals surface area contributed by atoms with Crippen LogP contribution in [0.2, 0.25) is 0 Å². The van der Waals surface area contributed by atoms with Gasteiger partial charge in [-0.1, -0.05) is 6.07 Å². The van der Waals surface area contributed by atoms with Crippen molar-refractivity contribution in [2.75, 3.05) is 6.54 Å². The number of hydrogen-bond donors (Lipinski definition) is 1. The van der Waals surface area contributed by atoms with Gasteiger partial charge in [0.15, 0.2) is 0 Å². The summed E-state index contributed by atoms with van der Waals surface area (Å²) in [6.45, 7) is 2.58. The molecule has 3 aromatic rings. The van der Waals surface area contributed by atoms with Crippen molar-refractivity contribution in [2.45, 2.75) is 39.0 Å². The minimum Gasteiger partial charge on any atom is -0.352 e. The molecule has 0 aliphatic heterocycles. The maximum atomic E-state index is 12.5. The van der Waals surface area contributed by atoms with Gasteiger partial charge in [-0.15, -0.1) is 0 Å². The maximum absolute atomic E-state index is 12.5. The highest BCUT2D eigenvalue weighted by molar-refractivity contribution is 5.94. The van der Waals surface area contributed by atoms with Crippen LogP contribution in [0.5, 0.6) is 0 Å². The van der Waals surface area contributed by atoms with Crippen molar-refractivity contribution in [2.24, 2.45) is 0 Å². The van der Waals surface area contributed by atoms with Crippen molar-refractivity contribution in [3.63, 3.8) is 0 Å². The van der Waals surface area contributed by atoms with Crippen LogP contribution in [0.1, 0.15) is 46.0 Å². The number of rotatable bonds is 5. The number of benzene rings is 1. The van der Waals surface area contributed by atoms with Crippen LogP contribution in [0.3, 0.4) is 0 Å². The van der Waals surface area contributed by atoms with Crippen LogP contribution in [0.15, 0.2) is 42.7 Å². The summed E-state index contributed by atoms with van der Waals surface area (Å²) >= 11 is 0. The van der Waals surface area contributed by atoms with Crippen molar-refractivity contribution in [1.82, 2.24) is 25.1 Å². The van der Waals surface area contributed by atoms with E-state index < -0.39 is 0 Å². The summed E-state index contributed by atoms with van der Waals surface area (Å²) in [5.41, 5.74) is 5.09. The summed E-state index contributed by atoms with van der Waals surface area (Å²) in [4.78, 5) is 21.8. The fourth-order valence-electron chi connectivity index (χ4n) is 3.56. The van der Waals surface area contributed by atoms with Crippen LogP contribution < -0.4 is 5.32 Å². The van der Waals surface area contributed by atoms with Crippen molar-refractivity contribution in [3.05, 3.63) is 71.1 Å². The number of nitrogens with zero attached hydrogens (tertiary/aromatic N) is 4. The Morgan fingerprint density at radius 2 is 2.07 bits per heavy atom. The Hall–Kier alpha value is -3.02. The van der Waals surface area contributed by atoms with Crippen LogP contribution >= 0.6 is 0 Å². The second-order valence-electron chi connectivity index (χ2n) is 6.86. The van der Waals surface area contributed by atoms with Crippen LogP contribution in [0, 0.1) is 6.92 Å². The van der Waals surface area contributed by atoms with Crippen LogP contribution in [0.4, 0.5) is 0 Å². The third-order valence-corrected chi connectivity index (χ3v) is 4.95. The Morgan fingerprint density at radius 3 is 2.93 bits per heavy atom. The molecule has 0 spiro atoms. The lowest BCUT2D eigenvalue weighted by atomic mass is 9.95. The molecule has 1 aliphatic rings. The molecule has 4 rings (SSSR count). The second kappa shape index (κ2) is 7.70. The number of fused-ring (bicyclic) bond motifs is 1. The second-order valence-corrected chi connectivity index (χ2v) is 6.86. The van der Waals surface area contributed by atoms with E-state index in [1.807, 2.05) is 36.5 Å². The summed E-state index contributed by atoms with van der Waals surface area (Å²) in [6.07, 6.45) is 8.76. The molecule has 0 fully saturated rings. The first kappa shape index (κ1) is 17.4. The Labute approximate surface area is 158 Å². The lowest BCUT2D eigenvalue weighted by Crippen LogP contribution is -2.26. The average Bonchev–Trinajstić information content (AvgIpc) is 3.23. The third-order valence-electron chi connectivity index (χ3n) is 4.95. The normalized spacial score (nSPS) is 13.2. The van der Waals surface area contributed by atoms with Crippen LogP contribution in [-0.2, 0) is 19.3 Å². The summed E-state index contributed by atoms with van der Waals surface area (Å²) in [5.74, 6) is 0.720. The van der Waals surface area contributed by atoms with Gasteiger partial charge in [-0.05, 0) is 62.4 Å². The van der Waals surface area contributed by atoms with Gasteiger partial charge in [0.25, 0.3) is 5.91 Å². The van der Waals surface area contributed by atoms with Crippen molar-refractivity contribution < 1.29 is 4.79 Å². The standard InChI is InChI=1S/C21H23N5O/c1-15-18-8-2-3-9-19(18)25-20(24-15)10-12-22-21(27)16-6-4-7-17(14-16)26-13-5-11-23-26/h4-7,11,13-14H,2-3,8-10,12H2,1H3,(H,22,27). The smallest absolute Gasteiger partial charge is 0.251 e. The van der Waals surface area contributed by atoms with Crippen LogP contribution in [-0.4, -0.2) is 32.2 Å². The summed E-state index contributed by atoms with van der Waals surface area (Å²) in [6, 6.07) is 9.28. The Morgan fingerprint density at radius 1 is 1.19 bits per heavy atom. The zero-order valence-corrected chi connectivity index (χ0v) is 15.5. The highest BCUT2D eigenvalue weighted by Crippen LogP contribution is 2.21. The number of aryl methyl sites for hydroxylation is 2. The van der Waals surface area contributed by atoms with Crippen molar-refractivity contribution in [3.8, 4) is 5.69 Å². The van der Waals surface area contributed by atoms with E-state index in [4.69, 9.17) is 4.98 Å². The fourth-order valence-corrected chi connectivity index (χ4v) is 3.56. The van der Waals surface area contributed by atoms with Gasteiger partial charge in [0, 0.05) is 42.3 Å². The molecule has 1 aromatic carbocycles. The predicted molar refractivity (Wildman–Crippen MR) is 103 cm³/mol. The van der Waals surface area contributed by atoms with E-state index >= 15 is 0 Å². The van der Waals surface area contributed by atoms with E-state index in [0.29, 0.717) is 18.5 Å².